The summed E-state index contributed by atoms with van der Waals surface area (Å²) in [7, 11) is -3.73. The van der Waals surface area contributed by atoms with E-state index in [0.29, 0.717) is 5.75 Å². The molecule has 0 spiro atoms. The fraction of sp³-hybridized carbons (Fsp3) is 0.500. The molecule has 0 saturated carbocycles. The van der Waals surface area contributed by atoms with E-state index >= 15 is 0 Å². The number of ketones is 1. The number of hydrogen-bond donors (Lipinski definition) is 1. The van der Waals surface area contributed by atoms with Crippen LogP contribution in [0, 0.1) is 23.2 Å². The van der Waals surface area contributed by atoms with E-state index in [0.717, 1.165) is 11.8 Å². The second-order valence-electron chi connectivity index (χ2n) is 3.46. The molecule has 2 aliphatic rings. The van der Waals surface area contributed by atoms with Gasteiger partial charge in [-0.3, -0.25) is 4.79 Å². The third-order valence-corrected chi connectivity index (χ3v) is 6.80. The number of nitrogens with two attached hydrogens (primary N) is 1. The van der Waals surface area contributed by atoms with Crippen molar-refractivity contribution in [1.82, 2.24) is 0 Å². The monoisotopic (exact) mass is 276 g/mol. The van der Waals surface area contributed by atoms with Gasteiger partial charge in [-0.1, -0.05) is 11.8 Å². The van der Waals surface area contributed by atoms with E-state index in [9.17, 15) is 13.2 Å². The Hall–Kier alpha value is -0.490. The van der Waals surface area contributed by atoms with Gasteiger partial charge in [0, 0.05) is 5.75 Å². The van der Waals surface area contributed by atoms with Crippen molar-refractivity contribution in [2.24, 2.45) is 17.0 Å². The molecule has 0 aromatic rings. The summed E-state index contributed by atoms with van der Waals surface area (Å²) in [6, 6.07) is 1.93. The van der Waals surface area contributed by atoms with Gasteiger partial charge >= 0.3 is 0 Å². The lowest BCUT2D eigenvalue weighted by Crippen LogP contribution is -2.32. The van der Waals surface area contributed by atoms with Gasteiger partial charge in [0.05, 0.1) is 16.6 Å². The number of thioether (sulfide) groups is 2. The van der Waals surface area contributed by atoms with Crippen LogP contribution in [0.15, 0.2) is 10.3 Å². The lowest BCUT2D eigenvalue weighted by Gasteiger charge is -2.25. The Morgan fingerprint density at radius 2 is 2.25 bits per heavy atom. The van der Waals surface area contributed by atoms with Crippen molar-refractivity contribution in [3.63, 3.8) is 0 Å². The van der Waals surface area contributed by atoms with Gasteiger partial charge in [0.1, 0.15) is 10.2 Å². The average Bonchev–Trinajstić information content (AvgIpc) is 2.62. The number of carbonyl (C=O) groups excluding carboxylic acids is 1. The van der Waals surface area contributed by atoms with Gasteiger partial charge < -0.3 is 0 Å². The van der Waals surface area contributed by atoms with Crippen LogP contribution in [0.25, 0.3) is 0 Å². The second kappa shape index (κ2) is 4.07. The number of hydrogen-bond acceptors (Lipinski definition) is 6. The molecular formula is C8H8N2O3S3. The predicted octanol–water partition coefficient (Wildman–Crippen LogP) is 0.261. The first kappa shape index (κ1) is 12.0. The van der Waals surface area contributed by atoms with Gasteiger partial charge in [0.2, 0.25) is 10.0 Å². The average molecular weight is 276 g/mol. The number of primary sulfonamides is 1. The first-order valence-electron chi connectivity index (χ1n) is 4.39. The number of sulfonamides is 1. The van der Waals surface area contributed by atoms with Crippen molar-refractivity contribution in [3.8, 4) is 6.07 Å². The standard InChI is InChI=1S/C8H8N2O3S3/c9-2-4-3-14-8-5(7(4)11)1-6(15-8)16(10,12)13/h1,4-5,8H,3H2,(H2,10,12,13). The fourth-order valence-electron chi connectivity index (χ4n) is 1.57. The zero-order valence-electron chi connectivity index (χ0n) is 7.99. The minimum Gasteiger partial charge on any atom is -0.297 e. The van der Waals surface area contributed by atoms with Crippen molar-refractivity contribution < 1.29 is 13.2 Å². The first-order chi connectivity index (χ1) is 7.43. The Morgan fingerprint density at radius 3 is 2.81 bits per heavy atom. The smallest absolute Gasteiger partial charge is 0.243 e. The van der Waals surface area contributed by atoms with Crippen molar-refractivity contribution in [1.29, 1.82) is 5.26 Å². The SMILES string of the molecule is N#CC1CSC2SC(S(N)(=O)=O)=CC2C1=O. The Labute approximate surface area is 101 Å². The van der Waals surface area contributed by atoms with Crippen molar-refractivity contribution in [2.75, 3.05) is 5.75 Å². The summed E-state index contributed by atoms with van der Waals surface area (Å²) in [6.45, 7) is 0. The molecule has 0 aromatic heterocycles. The molecule has 2 heterocycles. The normalized spacial score (nSPS) is 34.1. The van der Waals surface area contributed by atoms with E-state index < -0.39 is 21.9 Å². The van der Waals surface area contributed by atoms with Crippen LogP contribution >= 0.6 is 23.5 Å². The Morgan fingerprint density at radius 1 is 1.56 bits per heavy atom. The van der Waals surface area contributed by atoms with E-state index in [1.54, 1.807) is 0 Å². The number of carbonyl (C=O) groups is 1. The molecule has 0 amide bonds. The van der Waals surface area contributed by atoms with Gasteiger partial charge in [-0.05, 0) is 6.08 Å². The van der Waals surface area contributed by atoms with Crippen LogP contribution in [-0.4, -0.2) is 24.5 Å². The van der Waals surface area contributed by atoms with Gasteiger partial charge in [0.15, 0.2) is 5.78 Å². The molecule has 8 heteroatoms. The topological polar surface area (TPSA) is 101 Å². The summed E-state index contributed by atoms with van der Waals surface area (Å²) < 4.78 is 22.2. The highest BCUT2D eigenvalue weighted by atomic mass is 32.3. The maximum atomic E-state index is 11.8. The number of fused-ring (bicyclic) bond motifs is 1. The van der Waals surface area contributed by atoms with E-state index in [4.69, 9.17) is 10.4 Å². The maximum Gasteiger partial charge on any atom is 0.243 e. The lowest BCUT2D eigenvalue weighted by molar-refractivity contribution is -0.123. The zero-order chi connectivity index (χ0) is 11.9. The zero-order valence-corrected chi connectivity index (χ0v) is 10.4. The van der Waals surface area contributed by atoms with Gasteiger partial charge in [-0.25, -0.2) is 13.6 Å². The Balaban J connectivity index is 2.29. The molecule has 1 fully saturated rings. The molecule has 0 aromatic carbocycles. The fourth-order valence-corrected chi connectivity index (χ4v) is 5.61. The highest BCUT2D eigenvalue weighted by Crippen LogP contribution is 2.48. The van der Waals surface area contributed by atoms with Crippen LogP contribution in [-0.2, 0) is 14.8 Å². The van der Waals surface area contributed by atoms with Gasteiger partial charge in [-0.15, -0.1) is 11.8 Å². The molecule has 5 nitrogen and oxygen atoms in total. The summed E-state index contributed by atoms with van der Waals surface area (Å²) in [5.41, 5.74) is 0. The number of Topliss-reactive ketones (excluding diaryl/α,β-unsaturated/α-hetero) is 1. The molecule has 0 radical (unpaired) electrons. The van der Waals surface area contributed by atoms with E-state index in [-0.39, 0.29) is 14.6 Å². The van der Waals surface area contributed by atoms with Crippen LogP contribution in [0.2, 0.25) is 0 Å². The Bertz CT molecular complexity index is 505. The molecule has 16 heavy (non-hydrogen) atoms. The van der Waals surface area contributed by atoms with E-state index in [1.807, 2.05) is 6.07 Å². The summed E-state index contributed by atoms with van der Waals surface area (Å²) in [6.07, 6.45) is 1.38. The molecule has 86 valence electrons. The molecule has 2 N–H and O–H groups in total. The molecule has 3 atom stereocenters. The van der Waals surface area contributed by atoms with E-state index in [1.165, 1.54) is 17.8 Å². The van der Waals surface area contributed by atoms with Crippen LogP contribution in [0.4, 0.5) is 0 Å². The molecule has 3 unspecified atom stereocenters. The minimum atomic E-state index is -3.73. The molecule has 2 rings (SSSR count). The van der Waals surface area contributed by atoms with Crippen LogP contribution in [0.5, 0.6) is 0 Å². The van der Waals surface area contributed by atoms with Crippen molar-refractivity contribution in [2.45, 2.75) is 4.58 Å². The molecule has 2 aliphatic heterocycles. The predicted molar refractivity (Wildman–Crippen MR) is 62.6 cm³/mol. The summed E-state index contributed by atoms with van der Waals surface area (Å²) in [5, 5.41) is 13.8. The quantitative estimate of drug-likeness (QED) is 0.737. The van der Waals surface area contributed by atoms with Crippen molar-refractivity contribution >= 4 is 39.3 Å². The molecule has 0 bridgehead atoms. The number of allylic oxidation sites excluding steroid dienone is 1. The van der Waals surface area contributed by atoms with Crippen molar-refractivity contribution in [3.05, 3.63) is 10.3 Å². The van der Waals surface area contributed by atoms with Crippen LogP contribution < -0.4 is 5.14 Å². The number of nitriles is 1. The van der Waals surface area contributed by atoms with Gasteiger partial charge in [0.25, 0.3) is 0 Å². The summed E-state index contributed by atoms with van der Waals surface area (Å²) >= 11 is 2.54. The first-order valence-corrected chi connectivity index (χ1v) is 7.87. The molecular weight excluding hydrogens is 268 g/mol. The highest BCUT2D eigenvalue weighted by molar-refractivity contribution is 8.26. The third kappa shape index (κ3) is 2.00. The lowest BCUT2D eigenvalue weighted by atomic mass is 9.96. The molecule has 1 saturated heterocycles. The Kier molecular flexibility index (Phi) is 3.05. The van der Waals surface area contributed by atoms with E-state index in [2.05, 4.69) is 0 Å². The molecule has 0 aliphatic carbocycles. The maximum absolute atomic E-state index is 11.8. The summed E-state index contributed by atoms with van der Waals surface area (Å²) in [5.74, 6) is -0.906. The minimum absolute atomic E-state index is 0.0435. The number of rotatable bonds is 1. The van der Waals surface area contributed by atoms with Crippen LogP contribution in [0.3, 0.4) is 0 Å². The van der Waals surface area contributed by atoms with Gasteiger partial charge in [-0.2, -0.15) is 5.26 Å². The largest absolute Gasteiger partial charge is 0.297 e. The third-order valence-electron chi connectivity index (χ3n) is 2.38. The highest BCUT2D eigenvalue weighted by Gasteiger charge is 2.43. The second-order valence-corrected chi connectivity index (χ2v) is 7.90. The number of nitrogens with zero attached hydrogens (tertiary/aromatic N) is 1. The van der Waals surface area contributed by atoms with Crippen LogP contribution in [0.1, 0.15) is 0 Å². The summed E-state index contributed by atoms with van der Waals surface area (Å²) in [4.78, 5) is 11.8.